The molecular formula is C33H44ClN3O4. The molecule has 1 saturated heterocycles. The minimum absolute atomic E-state index is 0.0327. The molecular weight excluding hydrogens is 538 g/mol. The smallest absolute Gasteiger partial charge is 0.326 e. The van der Waals surface area contributed by atoms with Gasteiger partial charge in [-0.2, -0.15) is 0 Å². The summed E-state index contributed by atoms with van der Waals surface area (Å²) in [5.41, 5.74) is 3.66. The molecule has 3 atom stereocenters. The Bertz CT molecular complexity index is 1230. The molecule has 2 aromatic rings. The second-order valence-corrected chi connectivity index (χ2v) is 11.3. The Morgan fingerprint density at radius 2 is 1.78 bits per heavy atom. The van der Waals surface area contributed by atoms with Crippen LogP contribution in [-0.2, 0) is 22.4 Å². The molecule has 0 aliphatic carbocycles. The number of carbonyl (C=O) groups excluding carboxylic acids is 2. The molecule has 1 fully saturated rings. The lowest BCUT2D eigenvalue weighted by molar-refractivity contribution is -0.139. The number of carboxylic acids is 1. The second kappa shape index (κ2) is 15.1. The van der Waals surface area contributed by atoms with E-state index >= 15 is 0 Å². The van der Waals surface area contributed by atoms with Gasteiger partial charge in [0.1, 0.15) is 6.04 Å². The summed E-state index contributed by atoms with van der Waals surface area (Å²) in [6.07, 6.45) is 6.24. The first-order valence-corrected chi connectivity index (χ1v) is 15.2. The van der Waals surface area contributed by atoms with Crippen molar-refractivity contribution in [2.24, 2.45) is 5.92 Å². The molecule has 7 nitrogen and oxygen atoms in total. The van der Waals surface area contributed by atoms with Gasteiger partial charge in [0.2, 0.25) is 5.91 Å². The number of nitrogens with one attached hydrogen (secondary N) is 1. The quantitative estimate of drug-likeness (QED) is 0.255. The Labute approximate surface area is 249 Å². The first-order chi connectivity index (χ1) is 19.6. The van der Waals surface area contributed by atoms with Gasteiger partial charge in [-0.3, -0.25) is 9.59 Å². The summed E-state index contributed by atoms with van der Waals surface area (Å²) in [5.74, 6) is -0.940. The number of carboxylic acid groups (broad SMARTS) is 1. The van der Waals surface area contributed by atoms with Gasteiger partial charge in [-0.05, 0) is 54.5 Å². The Hall–Kier alpha value is -3.32. The van der Waals surface area contributed by atoms with Crippen LogP contribution in [0.3, 0.4) is 0 Å². The molecule has 1 aliphatic rings. The van der Waals surface area contributed by atoms with Gasteiger partial charge in [-0.1, -0.05) is 89.4 Å². The fourth-order valence-electron chi connectivity index (χ4n) is 5.63. The van der Waals surface area contributed by atoms with Crippen molar-refractivity contribution in [2.45, 2.75) is 91.1 Å². The molecule has 0 saturated carbocycles. The van der Waals surface area contributed by atoms with E-state index in [4.69, 9.17) is 11.6 Å². The molecule has 2 N–H and O–H groups in total. The fourth-order valence-corrected chi connectivity index (χ4v) is 5.91. The molecule has 41 heavy (non-hydrogen) atoms. The molecule has 8 heteroatoms. The van der Waals surface area contributed by atoms with E-state index in [9.17, 15) is 19.5 Å². The number of rotatable bonds is 14. The van der Waals surface area contributed by atoms with Crippen molar-refractivity contribution in [2.75, 3.05) is 11.6 Å². The summed E-state index contributed by atoms with van der Waals surface area (Å²) < 4.78 is 0. The van der Waals surface area contributed by atoms with Crippen LogP contribution in [0.4, 0.5) is 5.69 Å². The van der Waals surface area contributed by atoms with Gasteiger partial charge in [0.05, 0.1) is 23.3 Å². The lowest BCUT2D eigenvalue weighted by Gasteiger charge is -2.27. The van der Waals surface area contributed by atoms with E-state index in [0.717, 1.165) is 54.6 Å². The van der Waals surface area contributed by atoms with Gasteiger partial charge in [0.25, 0.3) is 5.91 Å². The third-order valence-corrected chi connectivity index (χ3v) is 8.33. The lowest BCUT2D eigenvalue weighted by atomic mass is 9.91. The van der Waals surface area contributed by atoms with Crippen molar-refractivity contribution < 1.29 is 19.5 Å². The number of hydrogen-bond donors (Lipinski definition) is 2. The summed E-state index contributed by atoms with van der Waals surface area (Å²) in [5, 5.41) is 12.8. The minimum Gasteiger partial charge on any atom is -0.480 e. The largest absolute Gasteiger partial charge is 0.480 e. The van der Waals surface area contributed by atoms with Crippen LogP contribution in [0.2, 0.25) is 5.02 Å². The van der Waals surface area contributed by atoms with Crippen LogP contribution in [0.15, 0.2) is 54.7 Å². The fraction of sp³-hybridized carbons (Fsp3) is 0.485. The van der Waals surface area contributed by atoms with Gasteiger partial charge in [0.15, 0.2) is 0 Å². The van der Waals surface area contributed by atoms with Gasteiger partial charge < -0.3 is 20.2 Å². The molecule has 3 unspecified atom stereocenters. The topological polar surface area (TPSA) is 90.0 Å². The predicted octanol–water partition coefficient (Wildman–Crippen LogP) is 6.83. The van der Waals surface area contributed by atoms with Gasteiger partial charge in [-0.25, -0.2) is 4.79 Å². The number of carbonyl (C=O) groups is 3. The summed E-state index contributed by atoms with van der Waals surface area (Å²) in [4.78, 5) is 42.2. The average molecular weight is 582 g/mol. The lowest BCUT2D eigenvalue weighted by Crippen LogP contribution is -2.42. The molecule has 222 valence electrons. The normalized spacial score (nSPS) is 16.5. The maximum absolute atomic E-state index is 13.1. The number of amides is 2. The summed E-state index contributed by atoms with van der Waals surface area (Å²) >= 11 is 6.28. The third-order valence-electron chi connectivity index (χ3n) is 8.02. The van der Waals surface area contributed by atoms with Crippen LogP contribution in [0.5, 0.6) is 0 Å². The maximum atomic E-state index is 13.1. The summed E-state index contributed by atoms with van der Waals surface area (Å²) in [7, 11) is 0. The van der Waals surface area contributed by atoms with Gasteiger partial charge in [0, 0.05) is 24.2 Å². The number of aliphatic carboxylic acids is 1. The Morgan fingerprint density at radius 3 is 2.37 bits per heavy atom. The number of anilines is 1. The van der Waals surface area contributed by atoms with E-state index in [1.54, 1.807) is 12.1 Å². The molecule has 1 aliphatic heterocycles. The standard InChI is InChI=1S/C33H44ClN3O4/c1-6-11-23(8-3)20-29-22(5)36(21-37(29)30(38)12-7-2)26-17-15-24(16-18-26)19-28(33(40)41)35-32(39)31-25(9-4)13-10-14-27(31)34/h10,13-18,23,28-29H,5-9,11-12,19-21H2,1-4H3,(H,35,39)(H,40,41). The highest BCUT2D eigenvalue weighted by atomic mass is 35.5. The predicted molar refractivity (Wildman–Crippen MR) is 165 cm³/mol. The van der Waals surface area contributed by atoms with Crippen LogP contribution in [0, 0.1) is 5.92 Å². The SMILES string of the molecule is C=C1C(CC(CC)CCC)N(C(=O)CCC)CN1c1ccc(CC(NC(=O)c2c(Cl)cccc2CC)C(=O)O)cc1. The summed E-state index contributed by atoms with van der Waals surface area (Å²) in [6, 6.07) is 11.7. The highest BCUT2D eigenvalue weighted by Gasteiger charge is 2.38. The highest BCUT2D eigenvalue weighted by molar-refractivity contribution is 6.34. The monoisotopic (exact) mass is 581 g/mol. The zero-order valence-electron chi connectivity index (χ0n) is 24.8. The molecule has 0 radical (unpaired) electrons. The van der Waals surface area contributed by atoms with E-state index in [2.05, 4.69) is 30.6 Å². The van der Waals surface area contributed by atoms with E-state index in [-0.39, 0.29) is 18.4 Å². The molecule has 2 amide bonds. The molecule has 1 heterocycles. The molecule has 0 aromatic heterocycles. The van der Waals surface area contributed by atoms with Gasteiger partial charge >= 0.3 is 5.97 Å². The zero-order valence-corrected chi connectivity index (χ0v) is 25.5. The van der Waals surface area contributed by atoms with Crippen molar-refractivity contribution in [3.05, 3.63) is 76.5 Å². The number of aryl methyl sites for hydroxylation is 1. The average Bonchev–Trinajstić information content (AvgIpc) is 3.28. The first kappa shape index (κ1) is 32.2. The Morgan fingerprint density at radius 1 is 1.07 bits per heavy atom. The molecule has 0 spiro atoms. The summed E-state index contributed by atoms with van der Waals surface area (Å²) in [6.45, 7) is 13.2. The number of benzene rings is 2. The highest BCUT2D eigenvalue weighted by Crippen LogP contribution is 2.35. The number of nitrogens with zero attached hydrogens (tertiary/aromatic N) is 2. The van der Waals surface area contributed by atoms with E-state index in [0.29, 0.717) is 36.0 Å². The van der Waals surface area contributed by atoms with Crippen molar-refractivity contribution in [3.63, 3.8) is 0 Å². The van der Waals surface area contributed by atoms with Gasteiger partial charge in [-0.15, -0.1) is 0 Å². The molecule has 0 bridgehead atoms. The van der Waals surface area contributed by atoms with Crippen LogP contribution < -0.4 is 10.2 Å². The second-order valence-electron chi connectivity index (χ2n) is 10.9. The minimum atomic E-state index is -1.12. The van der Waals surface area contributed by atoms with Crippen molar-refractivity contribution in [1.82, 2.24) is 10.2 Å². The van der Waals surface area contributed by atoms with Crippen LogP contribution >= 0.6 is 11.6 Å². The first-order valence-electron chi connectivity index (χ1n) is 14.8. The van der Waals surface area contributed by atoms with Crippen molar-refractivity contribution in [1.29, 1.82) is 0 Å². The number of hydrogen-bond acceptors (Lipinski definition) is 4. The van der Waals surface area contributed by atoms with Crippen LogP contribution in [0.25, 0.3) is 0 Å². The zero-order chi connectivity index (χ0) is 30.1. The Balaban J connectivity index is 1.76. The van der Waals surface area contributed by atoms with Crippen molar-refractivity contribution >= 4 is 35.1 Å². The van der Waals surface area contributed by atoms with Crippen LogP contribution in [-0.4, -0.2) is 46.5 Å². The maximum Gasteiger partial charge on any atom is 0.326 e. The van der Waals surface area contributed by atoms with E-state index < -0.39 is 17.9 Å². The van der Waals surface area contributed by atoms with Crippen molar-refractivity contribution in [3.8, 4) is 0 Å². The molecule has 2 aromatic carbocycles. The molecule has 3 rings (SSSR count). The Kier molecular flexibility index (Phi) is 11.8. The van der Waals surface area contributed by atoms with E-state index in [1.165, 1.54) is 0 Å². The van der Waals surface area contributed by atoms with E-state index in [1.807, 2.05) is 49.1 Å². The third kappa shape index (κ3) is 7.91. The number of halogens is 1. The van der Waals surface area contributed by atoms with Crippen LogP contribution in [0.1, 0.15) is 87.7 Å².